The van der Waals surface area contributed by atoms with Gasteiger partial charge in [-0.2, -0.15) is 0 Å². The molecule has 5 heterocycles. The number of carbonyl (C=O) groups is 1. The SMILES string of the molecule is Cc1cccc(Oc2ccc(-c3c(C#CC4[C@H]5CN(C(=O)/C=C/CN6CCC(F)C6)C[C@@H]45)n(C)c4ncnc(N)c34)cc2)n1. The van der Waals surface area contributed by atoms with E-state index in [2.05, 4.69) is 26.8 Å². The molecule has 4 atom stereocenters. The minimum Gasteiger partial charge on any atom is -0.439 e. The quantitative estimate of drug-likeness (QED) is 0.263. The van der Waals surface area contributed by atoms with Gasteiger partial charge in [0.2, 0.25) is 11.8 Å². The van der Waals surface area contributed by atoms with Gasteiger partial charge in [0, 0.05) is 69.1 Å². The van der Waals surface area contributed by atoms with Crippen LogP contribution in [-0.2, 0) is 11.8 Å². The van der Waals surface area contributed by atoms with E-state index in [0.717, 1.165) is 40.1 Å². The summed E-state index contributed by atoms with van der Waals surface area (Å²) in [6, 6.07) is 13.5. The number of anilines is 1. The van der Waals surface area contributed by atoms with E-state index in [-0.39, 0.29) is 11.8 Å². The van der Waals surface area contributed by atoms with E-state index in [1.54, 1.807) is 6.08 Å². The number of fused-ring (bicyclic) bond motifs is 2. The molecule has 2 unspecified atom stereocenters. The van der Waals surface area contributed by atoms with Crippen LogP contribution in [0.2, 0.25) is 0 Å². The molecule has 2 aliphatic heterocycles. The zero-order valence-corrected chi connectivity index (χ0v) is 24.8. The number of nitrogens with two attached hydrogens (primary N) is 1. The summed E-state index contributed by atoms with van der Waals surface area (Å²) in [4.78, 5) is 29.9. The number of piperidine rings is 1. The first-order chi connectivity index (χ1) is 21.4. The Balaban J connectivity index is 1.08. The molecule has 4 aromatic rings. The Kier molecular flexibility index (Phi) is 7.26. The van der Waals surface area contributed by atoms with Crippen LogP contribution in [0, 0.1) is 36.5 Å². The Morgan fingerprint density at radius 1 is 1.14 bits per heavy atom. The third-order valence-corrected chi connectivity index (χ3v) is 8.93. The Bertz CT molecular complexity index is 1810. The molecule has 2 saturated heterocycles. The van der Waals surface area contributed by atoms with E-state index >= 15 is 0 Å². The third kappa shape index (κ3) is 5.40. The van der Waals surface area contributed by atoms with Gasteiger partial charge in [-0.25, -0.2) is 19.3 Å². The molecular weight excluding hydrogens is 557 g/mol. The molecule has 0 spiro atoms. The molecule has 1 aliphatic carbocycles. The van der Waals surface area contributed by atoms with Crippen LogP contribution in [-0.4, -0.2) is 74.1 Å². The molecule has 1 aromatic carbocycles. The fraction of sp³-hybridized carbons (Fsp3) is 0.353. The number of aryl methyl sites for hydroxylation is 2. The van der Waals surface area contributed by atoms with Crippen molar-refractivity contribution in [2.24, 2.45) is 24.8 Å². The summed E-state index contributed by atoms with van der Waals surface area (Å²) in [5.41, 5.74) is 10.6. The number of nitrogen functional groups attached to an aromatic ring is 1. The predicted octanol–water partition coefficient (Wildman–Crippen LogP) is 4.37. The minimum atomic E-state index is -0.750. The average molecular weight is 592 g/mol. The number of hydrogen-bond donors (Lipinski definition) is 1. The first-order valence-corrected chi connectivity index (χ1v) is 15.0. The summed E-state index contributed by atoms with van der Waals surface area (Å²) >= 11 is 0. The van der Waals surface area contributed by atoms with Gasteiger partial charge in [0.1, 0.15) is 35.4 Å². The number of carbonyl (C=O) groups excluding carboxylic acids is 1. The highest BCUT2D eigenvalue weighted by Gasteiger charge is 2.55. The molecule has 3 aromatic heterocycles. The average Bonchev–Trinajstić information content (AvgIpc) is 3.34. The minimum absolute atomic E-state index is 0.0236. The molecular formula is C34H34FN7O2. The fourth-order valence-corrected chi connectivity index (χ4v) is 6.52. The van der Waals surface area contributed by atoms with Gasteiger partial charge in [-0.3, -0.25) is 9.69 Å². The van der Waals surface area contributed by atoms with E-state index < -0.39 is 6.17 Å². The Morgan fingerprint density at radius 3 is 2.66 bits per heavy atom. The van der Waals surface area contributed by atoms with Crippen LogP contribution in [0.25, 0.3) is 22.2 Å². The number of hydrogen-bond acceptors (Lipinski definition) is 7. The number of halogens is 1. The zero-order valence-electron chi connectivity index (χ0n) is 24.8. The smallest absolute Gasteiger partial charge is 0.246 e. The summed E-state index contributed by atoms with van der Waals surface area (Å²) in [5.74, 6) is 9.59. The largest absolute Gasteiger partial charge is 0.439 e. The summed E-state index contributed by atoms with van der Waals surface area (Å²) < 4.78 is 21.3. The second kappa shape index (κ2) is 11.4. The van der Waals surface area contributed by atoms with E-state index in [1.165, 1.54) is 6.33 Å². The maximum Gasteiger partial charge on any atom is 0.246 e. The van der Waals surface area contributed by atoms with Crippen molar-refractivity contribution in [3.63, 3.8) is 0 Å². The Labute approximate surface area is 255 Å². The van der Waals surface area contributed by atoms with Crippen molar-refractivity contribution in [3.8, 4) is 34.6 Å². The van der Waals surface area contributed by atoms with Crippen molar-refractivity contribution in [2.45, 2.75) is 19.5 Å². The first kappa shape index (κ1) is 28.0. The Morgan fingerprint density at radius 2 is 1.93 bits per heavy atom. The number of alkyl halides is 1. The van der Waals surface area contributed by atoms with Crippen molar-refractivity contribution in [1.82, 2.24) is 29.3 Å². The molecule has 2 N–H and O–H groups in total. The van der Waals surface area contributed by atoms with Gasteiger partial charge in [0.25, 0.3) is 0 Å². The third-order valence-electron chi connectivity index (χ3n) is 8.93. The number of nitrogens with zero attached hydrogens (tertiary/aromatic N) is 6. The summed E-state index contributed by atoms with van der Waals surface area (Å²) in [7, 11) is 1.94. The molecule has 3 aliphatic rings. The van der Waals surface area contributed by atoms with Crippen molar-refractivity contribution < 1.29 is 13.9 Å². The van der Waals surface area contributed by atoms with Gasteiger partial charge < -0.3 is 19.9 Å². The second-order valence-electron chi connectivity index (χ2n) is 11.9. The number of rotatable bonds is 6. The molecule has 10 heteroatoms. The first-order valence-electron chi connectivity index (χ1n) is 15.0. The molecule has 224 valence electrons. The number of ether oxygens (including phenoxy) is 1. The zero-order chi connectivity index (χ0) is 30.4. The lowest BCUT2D eigenvalue weighted by Crippen LogP contribution is -2.30. The standard InChI is InChI=1S/C34H34FN7O2/c1-21-5-3-6-29(39-21)44-24-10-8-22(9-11-24)31-28(40(2)34-32(31)33(36)37-20-38-34)13-12-25-26-18-42(19-27(25)26)30(43)7-4-15-41-16-14-23(35)17-41/h3-11,20,23,25-27H,14-19H2,1-2H3,(H2,36,37,38)/b7-4+/t23?,25?,26-,27+. The lowest BCUT2D eigenvalue weighted by atomic mass is 10.0. The van der Waals surface area contributed by atoms with Crippen LogP contribution >= 0.6 is 0 Å². The van der Waals surface area contributed by atoms with E-state index in [9.17, 15) is 9.18 Å². The molecule has 7 rings (SSSR count). The summed E-state index contributed by atoms with van der Waals surface area (Å²) in [6.07, 6.45) is 4.79. The van der Waals surface area contributed by atoms with E-state index in [0.29, 0.717) is 61.9 Å². The van der Waals surface area contributed by atoms with Gasteiger partial charge in [-0.15, -0.1) is 0 Å². The molecule has 9 nitrogen and oxygen atoms in total. The van der Waals surface area contributed by atoms with Crippen LogP contribution in [0.1, 0.15) is 17.8 Å². The normalized spacial score (nSPS) is 22.8. The molecule has 1 amide bonds. The van der Waals surface area contributed by atoms with Gasteiger partial charge >= 0.3 is 0 Å². The number of benzene rings is 1. The number of pyridine rings is 1. The molecule has 1 saturated carbocycles. The maximum absolute atomic E-state index is 13.4. The van der Waals surface area contributed by atoms with Crippen LogP contribution in [0.4, 0.5) is 10.2 Å². The lowest BCUT2D eigenvalue weighted by Gasteiger charge is -2.17. The lowest BCUT2D eigenvalue weighted by molar-refractivity contribution is -0.125. The second-order valence-corrected chi connectivity index (χ2v) is 11.9. The van der Waals surface area contributed by atoms with Crippen molar-refractivity contribution in [3.05, 3.63) is 72.3 Å². The van der Waals surface area contributed by atoms with E-state index in [4.69, 9.17) is 10.5 Å². The summed E-state index contributed by atoms with van der Waals surface area (Å²) in [5, 5.41) is 0.767. The molecule has 44 heavy (non-hydrogen) atoms. The Hall–Kier alpha value is -4.75. The van der Waals surface area contributed by atoms with Crippen molar-refractivity contribution >= 4 is 22.8 Å². The topological polar surface area (TPSA) is 102 Å². The van der Waals surface area contributed by atoms with Crippen molar-refractivity contribution in [2.75, 3.05) is 38.5 Å². The number of likely N-dealkylation sites (tertiary alicyclic amines) is 2. The van der Waals surface area contributed by atoms with Crippen LogP contribution in [0.3, 0.4) is 0 Å². The summed E-state index contributed by atoms with van der Waals surface area (Å²) in [6.45, 7) is 5.16. The fourth-order valence-electron chi connectivity index (χ4n) is 6.52. The van der Waals surface area contributed by atoms with Gasteiger partial charge in [-0.1, -0.05) is 30.2 Å². The van der Waals surface area contributed by atoms with E-state index in [1.807, 2.05) is 76.9 Å². The highest BCUT2D eigenvalue weighted by Crippen LogP contribution is 2.51. The van der Waals surface area contributed by atoms with Crippen molar-refractivity contribution in [1.29, 1.82) is 0 Å². The van der Waals surface area contributed by atoms with Gasteiger partial charge in [0.05, 0.1) is 5.39 Å². The number of aromatic nitrogens is 4. The highest BCUT2D eigenvalue weighted by atomic mass is 19.1. The van der Waals surface area contributed by atoms with Crippen LogP contribution < -0.4 is 10.5 Å². The molecule has 0 bridgehead atoms. The monoisotopic (exact) mass is 591 g/mol. The van der Waals surface area contributed by atoms with Gasteiger partial charge in [-0.05, 0) is 54.9 Å². The highest BCUT2D eigenvalue weighted by molar-refractivity contribution is 6.03. The molecule has 3 fully saturated rings. The van der Waals surface area contributed by atoms with Crippen LogP contribution in [0.5, 0.6) is 11.6 Å². The molecule has 0 radical (unpaired) electrons. The van der Waals surface area contributed by atoms with Gasteiger partial charge in [0.15, 0.2) is 0 Å². The maximum atomic E-state index is 13.4. The predicted molar refractivity (Wildman–Crippen MR) is 166 cm³/mol. The number of amides is 1. The van der Waals surface area contributed by atoms with Crippen LogP contribution in [0.15, 0.2) is 60.9 Å².